The second-order valence-electron chi connectivity index (χ2n) is 8.52. The summed E-state index contributed by atoms with van der Waals surface area (Å²) < 4.78 is 31.6. The van der Waals surface area contributed by atoms with Crippen LogP contribution in [0.3, 0.4) is 0 Å². The van der Waals surface area contributed by atoms with E-state index in [1.807, 2.05) is 6.07 Å². The van der Waals surface area contributed by atoms with Gasteiger partial charge in [0.25, 0.3) is 0 Å². The highest BCUT2D eigenvalue weighted by molar-refractivity contribution is 5.94. The van der Waals surface area contributed by atoms with Crippen molar-refractivity contribution in [1.82, 2.24) is 14.9 Å². The molecule has 8 nitrogen and oxygen atoms in total. The Balaban J connectivity index is 1.21. The Hall–Kier alpha value is -3.14. The van der Waals surface area contributed by atoms with E-state index in [1.54, 1.807) is 24.5 Å². The van der Waals surface area contributed by atoms with Gasteiger partial charge >= 0.3 is 0 Å². The average molecular weight is 467 g/mol. The van der Waals surface area contributed by atoms with Crippen LogP contribution in [0.15, 0.2) is 42.7 Å². The fourth-order valence-corrected chi connectivity index (χ4v) is 3.79. The van der Waals surface area contributed by atoms with Crippen LogP contribution >= 0.6 is 0 Å². The Morgan fingerprint density at radius 2 is 2.00 bits per heavy atom. The molecule has 5 rings (SSSR count). The van der Waals surface area contributed by atoms with Gasteiger partial charge in [-0.25, -0.2) is 4.39 Å². The molecule has 1 aliphatic carbocycles. The number of benzene rings is 1. The van der Waals surface area contributed by atoms with Gasteiger partial charge in [-0.3, -0.25) is 19.7 Å². The standard InChI is InChI=1S/C25H27FN4O4/c26-21-13-18(29-25(31)17-1-2-17)3-4-24(21)34-23-5-6-27-22-14-19(28-15-20(22)23)16-33-12-9-30-7-10-32-11-8-30/h3-6,13-15,17H,1-2,7-12,16H2,(H,29,31). The molecule has 1 aliphatic heterocycles. The summed E-state index contributed by atoms with van der Waals surface area (Å²) in [6.45, 7) is 5.27. The number of halogens is 1. The molecule has 178 valence electrons. The van der Waals surface area contributed by atoms with Crippen LogP contribution in [0.25, 0.3) is 10.9 Å². The van der Waals surface area contributed by atoms with E-state index in [0.29, 0.717) is 35.6 Å². The topological polar surface area (TPSA) is 85.8 Å². The van der Waals surface area contributed by atoms with Crippen LogP contribution in [0.2, 0.25) is 0 Å². The van der Waals surface area contributed by atoms with Gasteiger partial charge < -0.3 is 19.5 Å². The largest absolute Gasteiger partial charge is 0.453 e. The highest BCUT2D eigenvalue weighted by Gasteiger charge is 2.29. The Labute approximate surface area is 197 Å². The molecule has 34 heavy (non-hydrogen) atoms. The first kappa shape index (κ1) is 22.6. The summed E-state index contributed by atoms with van der Waals surface area (Å²) in [6, 6.07) is 7.93. The highest BCUT2D eigenvalue weighted by atomic mass is 19.1. The number of nitrogens with zero attached hydrogens (tertiary/aromatic N) is 3. The first-order chi connectivity index (χ1) is 16.7. The molecule has 1 N–H and O–H groups in total. The van der Waals surface area contributed by atoms with Gasteiger partial charge in [0.05, 0.1) is 43.0 Å². The van der Waals surface area contributed by atoms with E-state index in [1.165, 1.54) is 12.1 Å². The predicted octanol–water partition coefficient (Wildman–Crippen LogP) is 3.76. The molecule has 2 aliphatic rings. The minimum atomic E-state index is -0.559. The molecule has 2 fully saturated rings. The van der Waals surface area contributed by atoms with Gasteiger partial charge in [-0.15, -0.1) is 0 Å². The van der Waals surface area contributed by atoms with Crippen molar-refractivity contribution in [2.75, 3.05) is 44.8 Å². The molecule has 0 atom stereocenters. The minimum absolute atomic E-state index is 0.0507. The zero-order valence-corrected chi connectivity index (χ0v) is 18.8. The third kappa shape index (κ3) is 5.67. The first-order valence-electron chi connectivity index (χ1n) is 11.6. The fourth-order valence-electron chi connectivity index (χ4n) is 3.79. The minimum Gasteiger partial charge on any atom is -0.453 e. The maximum atomic E-state index is 14.6. The molecule has 0 radical (unpaired) electrons. The monoisotopic (exact) mass is 466 g/mol. The number of amides is 1. The fraction of sp³-hybridized carbons (Fsp3) is 0.400. The van der Waals surface area contributed by atoms with Gasteiger partial charge in [0.15, 0.2) is 11.6 Å². The lowest BCUT2D eigenvalue weighted by Crippen LogP contribution is -2.38. The molecular weight excluding hydrogens is 439 g/mol. The molecule has 1 saturated heterocycles. The molecule has 0 spiro atoms. The average Bonchev–Trinajstić information content (AvgIpc) is 3.70. The lowest BCUT2D eigenvalue weighted by molar-refractivity contribution is -0.117. The van der Waals surface area contributed by atoms with Crippen molar-refractivity contribution < 1.29 is 23.4 Å². The van der Waals surface area contributed by atoms with Crippen molar-refractivity contribution in [1.29, 1.82) is 0 Å². The SMILES string of the molecule is O=C(Nc1ccc(Oc2ccnc3cc(COCCN4CCOCC4)ncc23)c(F)c1)C1CC1. The maximum Gasteiger partial charge on any atom is 0.227 e. The van der Waals surface area contributed by atoms with E-state index in [2.05, 4.69) is 20.2 Å². The van der Waals surface area contributed by atoms with E-state index in [0.717, 1.165) is 51.4 Å². The van der Waals surface area contributed by atoms with Crippen LogP contribution in [0.4, 0.5) is 10.1 Å². The Kier molecular flexibility index (Phi) is 6.94. The number of rotatable bonds is 9. The van der Waals surface area contributed by atoms with Crippen molar-refractivity contribution >= 4 is 22.5 Å². The Morgan fingerprint density at radius 3 is 2.79 bits per heavy atom. The third-order valence-electron chi connectivity index (χ3n) is 5.92. The summed E-state index contributed by atoms with van der Waals surface area (Å²) in [5, 5.41) is 3.41. The normalized spacial score (nSPS) is 16.5. The number of hydrogen-bond donors (Lipinski definition) is 1. The van der Waals surface area contributed by atoms with E-state index in [-0.39, 0.29) is 17.6 Å². The molecule has 1 aromatic carbocycles. The lowest BCUT2D eigenvalue weighted by Gasteiger charge is -2.26. The molecule has 2 aromatic heterocycles. The zero-order valence-electron chi connectivity index (χ0n) is 18.8. The first-order valence-corrected chi connectivity index (χ1v) is 11.6. The molecule has 0 unspecified atom stereocenters. The number of aromatic nitrogens is 2. The van der Waals surface area contributed by atoms with Gasteiger partial charge in [0, 0.05) is 49.7 Å². The lowest BCUT2D eigenvalue weighted by atomic mass is 10.2. The smallest absolute Gasteiger partial charge is 0.227 e. The number of anilines is 1. The third-order valence-corrected chi connectivity index (χ3v) is 5.92. The quantitative estimate of drug-likeness (QED) is 0.481. The summed E-state index contributed by atoms with van der Waals surface area (Å²) in [7, 11) is 0. The van der Waals surface area contributed by atoms with Gasteiger partial charge in [0.2, 0.25) is 5.91 Å². The number of fused-ring (bicyclic) bond motifs is 1. The summed E-state index contributed by atoms with van der Waals surface area (Å²) >= 11 is 0. The second kappa shape index (κ2) is 10.4. The molecule has 1 amide bonds. The van der Waals surface area contributed by atoms with Crippen LogP contribution in [0.1, 0.15) is 18.5 Å². The molecule has 3 heterocycles. The molecular formula is C25H27FN4O4. The molecule has 9 heteroatoms. The molecule has 1 saturated carbocycles. The number of ether oxygens (including phenoxy) is 3. The molecule has 0 bridgehead atoms. The van der Waals surface area contributed by atoms with Crippen molar-refractivity contribution in [2.45, 2.75) is 19.4 Å². The number of hydrogen-bond acceptors (Lipinski definition) is 7. The summed E-state index contributed by atoms with van der Waals surface area (Å²) in [6.07, 6.45) is 5.06. The van der Waals surface area contributed by atoms with Gasteiger partial charge in [-0.1, -0.05) is 0 Å². The van der Waals surface area contributed by atoms with Crippen molar-refractivity contribution in [3.05, 3.63) is 54.2 Å². The van der Waals surface area contributed by atoms with Crippen LogP contribution in [-0.4, -0.2) is 60.2 Å². The zero-order chi connectivity index (χ0) is 23.3. The van der Waals surface area contributed by atoms with Gasteiger partial charge in [-0.2, -0.15) is 0 Å². The highest BCUT2D eigenvalue weighted by Crippen LogP contribution is 2.33. The second-order valence-corrected chi connectivity index (χ2v) is 8.52. The van der Waals surface area contributed by atoms with Crippen LogP contribution in [-0.2, 0) is 20.9 Å². The van der Waals surface area contributed by atoms with Gasteiger partial charge in [-0.05, 0) is 37.1 Å². The van der Waals surface area contributed by atoms with Crippen molar-refractivity contribution in [2.24, 2.45) is 5.92 Å². The number of carbonyl (C=O) groups excluding carboxylic acids is 1. The summed E-state index contributed by atoms with van der Waals surface area (Å²) in [4.78, 5) is 23.1. The van der Waals surface area contributed by atoms with Crippen LogP contribution in [0, 0.1) is 11.7 Å². The Morgan fingerprint density at radius 1 is 1.15 bits per heavy atom. The maximum absolute atomic E-state index is 14.6. The van der Waals surface area contributed by atoms with Crippen LogP contribution < -0.4 is 10.1 Å². The molecule has 3 aromatic rings. The van der Waals surface area contributed by atoms with E-state index < -0.39 is 5.82 Å². The predicted molar refractivity (Wildman–Crippen MR) is 124 cm³/mol. The van der Waals surface area contributed by atoms with E-state index in [9.17, 15) is 9.18 Å². The van der Waals surface area contributed by atoms with E-state index in [4.69, 9.17) is 14.2 Å². The van der Waals surface area contributed by atoms with Crippen molar-refractivity contribution in [3.8, 4) is 11.5 Å². The number of carbonyl (C=O) groups is 1. The van der Waals surface area contributed by atoms with E-state index >= 15 is 0 Å². The Bertz CT molecular complexity index is 1160. The number of pyridine rings is 2. The van der Waals surface area contributed by atoms with Crippen LogP contribution in [0.5, 0.6) is 11.5 Å². The number of nitrogens with one attached hydrogen (secondary N) is 1. The van der Waals surface area contributed by atoms with Gasteiger partial charge in [0.1, 0.15) is 5.75 Å². The summed E-state index contributed by atoms with van der Waals surface area (Å²) in [5.41, 5.74) is 1.87. The van der Waals surface area contributed by atoms with Crippen molar-refractivity contribution in [3.63, 3.8) is 0 Å². The summed E-state index contributed by atoms with van der Waals surface area (Å²) in [5.74, 6) is -0.0647. The number of morpholine rings is 1.